The van der Waals surface area contributed by atoms with E-state index in [4.69, 9.17) is 9.47 Å². The molecule has 9 heteroatoms. The Morgan fingerprint density at radius 2 is 1.68 bits per heavy atom. The number of hydrogen-bond donors (Lipinski definition) is 2. The maximum atomic E-state index is 12.3. The number of benzene rings is 2. The molecule has 6 nitrogen and oxygen atoms in total. The van der Waals surface area contributed by atoms with Gasteiger partial charge in [0.05, 0.1) is 20.6 Å². The summed E-state index contributed by atoms with van der Waals surface area (Å²) in [6.45, 7) is 0.0991. The van der Waals surface area contributed by atoms with Gasteiger partial charge in [0.1, 0.15) is 0 Å². The molecule has 2 N–H and O–H groups in total. The van der Waals surface area contributed by atoms with Crippen LogP contribution < -0.4 is 20.1 Å². The van der Waals surface area contributed by atoms with E-state index in [2.05, 4.69) is 5.32 Å². The lowest BCUT2D eigenvalue weighted by Crippen LogP contribution is -2.30. The minimum absolute atomic E-state index is 0.00559. The molecule has 0 saturated heterocycles. The minimum Gasteiger partial charge on any atom is -0.493 e. The fourth-order valence-corrected chi connectivity index (χ4v) is 2.40. The van der Waals surface area contributed by atoms with Crippen molar-refractivity contribution in [2.45, 2.75) is 19.1 Å². The molecular weight excluding hydrogens is 377 g/mol. The summed E-state index contributed by atoms with van der Waals surface area (Å²) in [5, 5.41) is 4.45. The van der Waals surface area contributed by atoms with Gasteiger partial charge in [0, 0.05) is 12.2 Å². The molecule has 0 spiro atoms. The summed E-state index contributed by atoms with van der Waals surface area (Å²) in [5.74, 6) is -1.29. The zero-order chi connectivity index (χ0) is 20.7. The number of nitrogens with one attached hydrogen (secondary N) is 2. The van der Waals surface area contributed by atoms with Crippen LogP contribution in [0.5, 0.6) is 11.5 Å². The van der Waals surface area contributed by atoms with Crippen molar-refractivity contribution in [3.8, 4) is 11.5 Å². The van der Waals surface area contributed by atoms with Gasteiger partial charge in [-0.3, -0.25) is 9.59 Å². The number of carbonyl (C=O) groups excluding carboxylic acids is 2. The normalized spacial score (nSPS) is 10.9. The van der Waals surface area contributed by atoms with Crippen LogP contribution in [-0.2, 0) is 22.6 Å². The predicted octanol–water partition coefficient (Wildman–Crippen LogP) is 3.06. The summed E-state index contributed by atoms with van der Waals surface area (Å²) in [7, 11) is 3.00. The predicted molar refractivity (Wildman–Crippen MR) is 96.2 cm³/mol. The average molecular weight is 396 g/mol. The van der Waals surface area contributed by atoms with E-state index in [-0.39, 0.29) is 24.6 Å². The molecule has 2 aromatic rings. The second-order valence-corrected chi connectivity index (χ2v) is 5.80. The molecule has 0 aliphatic carbocycles. The van der Waals surface area contributed by atoms with Gasteiger partial charge < -0.3 is 20.1 Å². The van der Waals surface area contributed by atoms with Crippen LogP contribution in [0, 0.1) is 0 Å². The fraction of sp³-hybridized carbons (Fsp3) is 0.263. The Balaban J connectivity index is 1.94. The Morgan fingerprint density at radius 1 is 0.964 bits per heavy atom. The Kier molecular flexibility index (Phi) is 6.86. The van der Waals surface area contributed by atoms with Crippen molar-refractivity contribution < 1.29 is 32.2 Å². The van der Waals surface area contributed by atoms with Gasteiger partial charge >= 0.3 is 12.1 Å². The first-order valence-electron chi connectivity index (χ1n) is 8.17. The molecule has 28 heavy (non-hydrogen) atoms. The molecule has 0 aliphatic heterocycles. The molecule has 150 valence electrons. The zero-order valence-corrected chi connectivity index (χ0v) is 15.2. The van der Waals surface area contributed by atoms with Gasteiger partial charge in [0.15, 0.2) is 11.5 Å². The summed E-state index contributed by atoms with van der Waals surface area (Å²) in [6, 6.07) is 10.9. The first-order valence-corrected chi connectivity index (χ1v) is 8.17. The van der Waals surface area contributed by atoms with Gasteiger partial charge in [-0.2, -0.15) is 13.2 Å². The Bertz CT molecular complexity index is 853. The van der Waals surface area contributed by atoms with Crippen LogP contribution in [-0.4, -0.2) is 32.2 Å². The highest BCUT2D eigenvalue weighted by atomic mass is 19.4. The van der Waals surface area contributed by atoms with Gasteiger partial charge in [-0.25, -0.2) is 0 Å². The summed E-state index contributed by atoms with van der Waals surface area (Å²) < 4.78 is 47.3. The molecule has 0 radical (unpaired) electrons. The molecular formula is C19H19F3N2O4. The second kappa shape index (κ2) is 9.12. The van der Waals surface area contributed by atoms with Crippen molar-refractivity contribution >= 4 is 17.5 Å². The molecule has 0 bridgehead atoms. The molecule has 2 amide bonds. The van der Waals surface area contributed by atoms with E-state index in [9.17, 15) is 22.8 Å². The number of amides is 2. The molecule has 0 fully saturated rings. The average Bonchev–Trinajstić information content (AvgIpc) is 2.65. The molecule has 2 rings (SSSR count). The van der Waals surface area contributed by atoms with Crippen LogP contribution in [0.1, 0.15) is 11.1 Å². The first kappa shape index (κ1) is 21.1. The Labute approximate surface area is 159 Å². The van der Waals surface area contributed by atoms with Crippen LogP contribution >= 0.6 is 0 Å². The van der Waals surface area contributed by atoms with E-state index in [1.807, 2.05) is 0 Å². The monoisotopic (exact) mass is 396 g/mol. The van der Waals surface area contributed by atoms with Crippen LogP contribution in [0.2, 0.25) is 0 Å². The van der Waals surface area contributed by atoms with Gasteiger partial charge in [0.25, 0.3) is 0 Å². The van der Waals surface area contributed by atoms with Gasteiger partial charge in [-0.1, -0.05) is 18.2 Å². The third-order valence-corrected chi connectivity index (χ3v) is 3.74. The summed E-state index contributed by atoms with van der Waals surface area (Å²) in [6.07, 6.45) is -4.88. The topological polar surface area (TPSA) is 76.7 Å². The van der Waals surface area contributed by atoms with Crippen LogP contribution in [0.3, 0.4) is 0 Å². The van der Waals surface area contributed by atoms with E-state index in [0.29, 0.717) is 22.6 Å². The second-order valence-electron chi connectivity index (χ2n) is 5.80. The minimum atomic E-state index is -4.97. The van der Waals surface area contributed by atoms with Crippen LogP contribution in [0.4, 0.5) is 18.9 Å². The smallest absolute Gasteiger partial charge is 0.471 e. The highest BCUT2D eigenvalue weighted by Crippen LogP contribution is 2.27. The number of carbonyl (C=O) groups is 2. The largest absolute Gasteiger partial charge is 0.493 e. The summed E-state index contributed by atoms with van der Waals surface area (Å²) in [4.78, 5) is 23.1. The van der Waals surface area contributed by atoms with Gasteiger partial charge in [0.2, 0.25) is 5.91 Å². The van der Waals surface area contributed by atoms with Gasteiger partial charge in [-0.15, -0.1) is 0 Å². The lowest BCUT2D eigenvalue weighted by molar-refractivity contribution is -0.167. The lowest BCUT2D eigenvalue weighted by atomic mass is 10.1. The van der Waals surface area contributed by atoms with Crippen molar-refractivity contribution in [1.29, 1.82) is 0 Å². The van der Waals surface area contributed by atoms with Gasteiger partial charge in [-0.05, 0) is 35.4 Å². The maximum absolute atomic E-state index is 12.3. The van der Waals surface area contributed by atoms with Crippen LogP contribution in [0.25, 0.3) is 0 Å². The van der Waals surface area contributed by atoms with E-state index < -0.39 is 12.1 Å². The number of rotatable bonds is 7. The number of halogens is 3. The van der Waals surface area contributed by atoms with E-state index in [1.54, 1.807) is 29.6 Å². The Morgan fingerprint density at radius 3 is 2.32 bits per heavy atom. The van der Waals surface area contributed by atoms with E-state index >= 15 is 0 Å². The maximum Gasteiger partial charge on any atom is 0.471 e. The standard InChI is InChI=1S/C19H19F3N2O4/c1-27-15-7-6-12(9-16(15)28-2)10-17(25)23-11-13-4-3-5-14(8-13)24-18(26)19(20,21)22/h3-9H,10-11H2,1-2H3,(H,23,25)(H,24,26). The molecule has 0 heterocycles. The van der Waals surface area contributed by atoms with Crippen molar-refractivity contribution in [2.75, 3.05) is 19.5 Å². The van der Waals surface area contributed by atoms with Crippen molar-refractivity contribution in [1.82, 2.24) is 5.32 Å². The zero-order valence-electron chi connectivity index (χ0n) is 15.2. The molecule has 0 unspecified atom stereocenters. The first-order chi connectivity index (χ1) is 13.2. The number of ether oxygens (including phenoxy) is 2. The SMILES string of the molecule is COc1ccc(CC(=O)NCc2cccc(NC(=O)C(F)(F)F)c2)cc1OC. The lowest BCUT2D eigenvalue weighted by Gasteiger charge is -2.11. The third kappa shape index (κ3) is 5.90. The van der Waals surface area contributed by atoms with Crippen LogP contribution in [0.15, 0.2) is 42.5 Å². The molecule has 0 atom stereocenters. The van der Waals surface area contributed by atoms with E-state index in [1.165, 1.54) is 32.4 Å². The number of alkyl halides is 3. The highest BCUT2D eigenvalue weighted by molar-refractivity contribution is 5.94. The summed E-state index contributed by atoms with van der Waals surface area (Å²) >= 11 is 0. The van der Waals surface area contributed by atoms with Crippen molar-refractivity contribution in [2.24, 2.45) is 0 Å². The molecule has 2 aromatic carbocycles. The number of methoxy groups -OCH3 is 2. The third-order valence-electron chi connectivity index (χ3n) is 3.74. The number of anilines is 1. The fourth-order valence-electron chi connectivity index (χ4n) is 2.40. The molecule has 0 aromatic heterocycles. The molecule has 0 aliphatic rings. The molecule has 0 saturated carbocycles. The number of hydrogen-bond acceptors (Lipinski definition) is 4. The quantitative estimate of drug-likeness (QED) is 0.754. The van der Waals surface area contributed by atoms with E-state index in [0.717, 1.165) is 0 Å². The van der Waals surface area contributed by atoms with Crippen molar-refractivity contribution in [3.05, 3.63) is 53.6 Å². The summed E-state index contributed by atoms with van der Waals surface area (Å²) in [5.41, 5.74) is 1.25. The van der Waals surface area contributed by atoms with Crippen molar-refractivity contribution in [3.63, 3.8) is 0 Å². The highest BCUT2D eigenvalue weighted by Gasteiger charge is 2.38. The Hall–Kier alpha value is -3.23.